The number of hydrogen-bond acceptors (Lipinski definition) is 6. The molecule has 132 valence electrons. The van der Waals surface area contributed by atoms with Crippen molar-refractivity contribution in [1.29, 1.82) is 5.26 Å². The first-order valence-corrected chi connectivity index (χ1v) is 8.83. The number of nitriles is 1. The summed E-state index contributed by atoms with van der Waals surface area (Å²) in [6, 6.07) is 11.6. The summed E-state index contributed by atoms with van der Waals surface area (Å²) in [5, 5.41) is 10.3. The molecule has 2 N–H and O–H groups in total. The number of aromatic nitrogens is 5. The molecule has 27 heavy (non-hydrogen) atoms. The summed E-state index contributed by atoms with van der Waals surface area (Å²) in [4.78, 5) is 17.5. The van der Waals surface area contributed by atoms with Crippen molar-refractivity contribution in [2.75, 3.05) is 5.73 Å². The van der Waals surface area contributed by atoms with Gasteiger partial charge >= 0.3 is 0 Å². The smallest absolute Gasteiger partial charge is 0.222 e. The summed E-state index contributed by atoms with van der Waals surface area (Å²) in [5.41, 5.74) is 11.1. The van der Waals surface area contributed by atoms with Crippen molar-refractivity contribution in [3.8, 4) is 17.5 Å². The topological polar surface area (TPSA) is 106 Å². The highest BCUT2D eigenvalue weighted by Gasteiger charge is 2.16. The number of fused-ring (bicyclic) bond motifs is 1. The Morgan fingerprint density at radius 1 is 1.22 bits per heavy atom. The maximum atomic E-state index is 9.14. The van der Waals surface area contributed by atoms with Gasteiger partial charge in [0.15, 0.2) is 5.65 Å². The van der Waals surface area contributed by atoms with Crippen LogP contribution in [-0.2, 0) is 6.54 Å². The second kappa shape index (κ2) is 6.75. The van der Waals surface area contributed by atoms with E-state index in [9.17, 15) is 0 Å². The zero-order valence-electron chi connectivity index (χ0n) is 14.6. The number of benzene rings is 1. The van der Waals surface area contributed by atoms with Crippen LogP contribution in [-0.4, -0.2) is 24.5 Å². The third-order valence-electron chi connectivity index (χ3n) is 4.39. The second-order valence-electron chi connectivity index (χ2n) is 6.16. The van der Waals surface area contributed by atoms with E-state index in [-0.39, 0.29) is 5.95 Å². The number of nitrogen functional groups attached to an aromatic ring is 1. The fourth-order valence-corrected chi connectivity index (χ4v) is 3.43. The van der Waals surface area contributed by atoms with Gasteiger partial charge in [-0.3, -0.25) is 4.98 Å². The zero-order valence-corrected chi connectivity index (χ0v) is 15.7. The highest BCUT2D eigenvalue weighted by atomic mass is 31.0. The monoisotopic (exact) mass is 373 g/mol. The molecule has 0 aliphatic rings. The van der Waals surface area contributed by atoms with Gasteiger partial charge in [-0.05, 0) is 35.5 Å². The number of rotatable bonds is 3. The van der Waals surface area contributed by atoms with Crippen LogP contribution in [0.3, 0.4) is 0 Å². The van der Waals surface area contributed by atoms with E-state index >= 15 is 0 Å². The van der Waals surface area contributed by atoms with Crippen molar-refractivity contribution < 1.29 is 0 Å². The predicted molar refractivity (Wildman–Crippen MR) is 107 cm³/mol. The summed E-state index contributed by atoms with van der Waals surface area (Å²) in [6.07, 6.45) is 3.30. The largest absolute Gasteiger partial charge is 0.368 e. The van der Waals surface area contributed by atoms with E-state index < -0.39 is 0 Å². The number of nitrogens with zero attached hydrogens (tertiary/aromatic N) is 6. The summed E-state index contributed by atoms with van der Waals surface area (Å²) in [6.45, 7) is 2.69. The van der Waals surface area contributed by atoms with Gasteiger partial charge in [0.2, 0.25) is 5.95 Å². The third-order valence-corrected chi connectivity index (χ3v) is 4.93. The molecule has 0 saturated heterocycles. The maximum absolute atomic E-state index is 9.14. The zero-order chi connectivity index (χ0) is 19.0. The Bertz CT molecular complexity index is 1190. The summed E-state index contributed by atoms with van der Waals surface area (Å²) >= 11 is 0. The van der Waals surface area contributed by atoms with E-state index in [4.69, 9.17) is 11.0 Å². The molecule has 0 fully saturated rings. The summed E-state index contributed by atoms with van der Waals surface area (Å²) < 4.78 is 1.95. The quantitative estimate of drug-likeness (QED) is 0.552. The Balaban J connectivity index is 1.87. The van der Waals surface area contributed by atoms with Crippen LogP contribution in [0.4, 0.5) is 5.95 Å². The van der Waals surface area contributed by atoms with Crippen molar-refractivity contribution in [2.24, 2.45) is 0 Å². The molecule has 0 saturated carbocycles. The minimum Gasteiger partial charge on any atom is -0.368 e. The Morgan fingerprint density at radius 3 is 2.85 bits per heavy atom. The number of anilines is 1. The van der Waals surface area contributed by atoms with E-state index in [0.717, 1.165) is 5.30 Å². The lowest BCUT2D eigenvalue weighted by Gasteiger charge is -2.11. The van der Waals surface area contributed by atoms with Crippen molar-refractivity contribution >= 4 is 31.7 Å². The molecular weight excluding hydrogens is 357 g/mol. The van der Waals surface area contributed by atoms with Crippen LogP contribution in [0.5, 0.6) is 0 Å². The summed E-state index contributed by atoms with van der Waals surface area (Å²) in [5.74, 6) is 0.138. The number of hydrogen-bond donors (Lipinski definition) is 1. The van der Waals surface area contributed by atoms with Crippen LogP contribution in [0.25, 0.3) is 22.6 Å². The molecule has 0 aliphatic carbocycles. The van der Waals surface area contributed by atoms with Crippen LogP contribution >= 0.6 is 9.24 Å². The van der Waals surface area contributed by atoms with Crippen LogP contribution < -0.4 is 11.0 Å². The number of imidazole rings is 1. The SMILES string of the molecule is Cc1cccc(P)c1Cn1cnc2c(-c3cc(C#N)ccn3)nc(N)nc21. The number of pyridine rings is 1. The first-order chi connectivity index (χ1) is 13.1. The molecule has 1 aromatic carbocycles. The molecule has 8 heteroatoms. The van der Waals surface area contributed by atoms with Crippen LogP contribution in [0.1, 0.15) is 16.7 Å². The number of nitrogens with two attached hydrogens (primary N) is 1. The molecule has 1 atom stereocenters. The van der Waals surface area contributed by atoms with Gasteiger partial charge in [-0.15, -0.1) is 9.24 Å². The van der Waals surface area contributed by atoms with Gasteiger partial charge in [0.1, 0.15) is 11.2 Å². The molecular formula is C19H16N7P. The number of aryl methyl sites for hydroxylation is 1. The average molecular weight is 373 g/mol. The van der Waals surface area contributed by atoms with Gasteiger partial charge in [-0.2, -0.15) is 10.2 Å². The van der Waals surface area contributed by atoms with Crippen LogP contribution in [0.15, 0.2) is 42.9 Å². The molecule has 4 rings (SSSR count). The lowest BCUT2D eigenvalue weighted by Crippen LogP contribution is -2.10. The van der Waals surface area contributed by atoms with Gasteiger partial charge in [-0.25, -0.2) is 9.97 Å². The van der Waals surface area contributed by atoms with Gasteiger partial charge in [0.25, 0.3) is 0 Å². The van der Waals surface area contributed by atoms with Crippen LogP contribution in [0.2, 0.25) is 0 Å². The van der Waals surface area contributed by atoms with E-state index in [1.807, 2.05) is 10.6 Å². The molecule has 0 bridgehead atoms. The lowest BCUT2D eigenvalue weighted by atomic mass is 10.1. The fraction of sp³-hybridized carbons (Fsp3) is 0.105. The van der Waals surface area contributed by atoms with E-state index in [1.54, 1.807) is 24.7 Å². The molecule has 0 spiro atoms. The third kappa shape index (κ3) is 3.12. The Morgan fingerprint density at radius 2 is 2.07 bits per heavy atom. The summed E-state index contributed by atoms with van der Waals surface area (Å²) in [7, 11) is 2.76. The van der Waals surface area contributed by atoms with Gasteiger partial charge < -0.3 is 10.3 Å². The highest BCUT2D eigenvalue weighted by molar-refractivity contribution is 7.27. The normalized spacial score (nSPS) is 10.9. The molecule has 0 amide bonds. The molecule has 0 radical (unpaired) electrons. The molecule has 4 aromatic rings. The van der Waals surface area contributed by atoms with Gasteiger partial charge in [-0.1, -0.05) is 18.2 Å². The first-order valence-electron chi connectivity index (χ1n) is 8.25. The lowest BCUT2D eigenvalue weighted by molar-refractivity contribution is 0.813. The van der Waals surface area contributed by atoms with Crippen molar-refractivity contribution in [3.63, 3.8) is 0 Å². The van der Waals surface area contributed by atoms with Gasteiger partial charge in [0.05, 0.1) is 30.2 Å². The van der Waals surface area contributed by atoms with E-state index in [1.165, 1.54) is 11.1 Å². The van der Waals surface area contributed by atoms with Gasteiger partial charge in [0, 0.05) is 6.20 Å². The Labute approximate surface area is 158 Å². The van der Waals surface area contributed by atoms with E-state index in [0.29, 0.717) is 34.7 Å². The maximum Gasteiger partial charge on any atom is 0.222 e. The molecule has 3 aromatic heterocycles. The first kappa shape index (κ1) is 17.1. The van der Waals surface area contributed by atoms with Crippen molar-refractivity contribution in [2.45, 2.75) is 13.5 Å². The Hall–Kier alpha value is -3.36. The molecule has 1 unspecified atom stereocenters. The minimum absolute atomic E-state index is 0.138. The fourth-order valence-electron chi connectivity index (χ4n) is 3.00. The van der Waals surface area contributed by atoms with Crippen molar-refractivity contribution in [1.82, 2.24) is 24.5 Å². The molecule has 0 aliphatic heterocycles. The van der Waals surface area contributed by atoms with Crippen molar-refractivity contribution in [3.05, 3.63) is 59.5 Å². The minimum atomic E-state index is 0.138. The highest BCUT2D eigenvalue weighted by Crippen LogP contribution is 2.25. The Kier molecular flexibility index (Phi) is 4.27. The molecule has 7 nitrogen and oxygen atoms in total. The van der Waals surface area contributed by atoms with E-state index in [2.05, 4.69) is 54.3 Å². The predicted octanol–water partition coefficient (Wildman–Crippen LogP) is 2.20. The molecule has 3 heterocycles. The standard InChI is InChI=1S/C19H16N7P/c1-11-3-2-4-15(27)13(11)9-26-10-23-17-16(24-19(21)25-18(17)26)14-7-12(8-20)5-6-22-14/h2-7,10H,9,27H2,1H3,(H2,21,24,25). The second-order valence-corrected chi connectivity index (χ2v) is 6.78. The average Bonchev–Trinajstić information content (AvgIpc) is 3.07. The van der Waals surface area contributed by atoms with Crippen LogP contribution in [0, 0.1) is 18.3 Å².